The van der Waals surface area contributed by atoms with Crippen molar-refractivity contribution in [3.8, 4) is 28.7 Å². The first-order valence-electron chi connectivity index (χ1n) is 8.15. The highest BCUT2D eigenvalue weighted by Gasteiger charge is 2.17. The van der Waals surface area contributed by atoms with Gasteiger partial charge in [-0.05, 0) is 29.7 Å². The zero-order valence-electron chi connectivity index (χ0n) is 15.5. The summed E-state index contributed by atoms with van der Waals surface area (Å²) in [6, 6.07) is 7.18. The maximum atomic E-state index is 11.8. The van der Waals surface area contributed by atoms with Crippen LogP contribution in [0.4, 0.5) is 0 Å². The molecule has 0 radical (unpaired) electrons. The second-order valence-electron chi connectivity index (χ2n) is 5.37. The molecule has 0 bridgehead atoms. The summed E-state index contributed by atoms with van der Waals surface area (Å²) < 4.78 is 26.6. The number of aromatic nitrogens is 2. The number of thiophene rings is 1. The van der Waals surface area contributed by atoms with Gasteiger partial charge >= 0.3 is 5.97 Å². The van der Waals surface area contributed by atoms with E-state index in [1.165, 1.54) is 38.7 Å². The second kappa shape index (κ2) is 9.05. The Labute approximate surface area is 165 Å². The Hall–Kier alpha value is -3.33. The van der Waals surface area contributed by atoms with Gasteiger partial charge in [-0.3, -0.25) is 0 Å². The van der Waals surface area contributed by atoms with E-state index in [1.54, 1.807) is 18.2 Å². The molecule has 28 heavy (non-hydrogen) atoms. The van der Waals surface area contributed by atoms with Gasteiger partial charge in [0.1, 0.15) is 0 Å². The first kappa shape index (κ1) is 19.4. The molecule has 3 aromatic rings. The van der Waals surface area contributed by atoms with Crippen molar-refractivity contribution in [3.63, 3.8) is 0 Å². The molecule has 3 rings (SSSR count). The average Bonchev–Trinajstić information content (AvgIpc) is 3.41. The number of ether oxygens (including phenoxy) is 4. The average molecular weight is 402 g/mol. The lowest BCUT2D eigenvalue weighted by Gasteiger charge is -2.12. The molecule has 2 aromatic heterocycles. The van der Waals surface area contributed by atoms with E-state index >= 15 is 0 Å². The van der Waals surface area contributed by atoms with Crippen LogP contribution in [-0.4, -0.2) is 37.5 Å². The van der Waals surface area contributed by atoms with Crippen LogP contribution in [0, 0.1) is 0 Å². The van der Waals surface area contributed by atoms with Gasteiger partial charge in [0.2, 0.25) is 11.6 Å². The second-order valence-corrected chi connectivity index (χ2v) is 6.35. The number of methoxy groups -OCH3 is 3. The molecule has 2 heterocycles. The van der Waals surface area contributed by atoms with Crippen LogP contribution in [0.5, 0.6) is 17.2 Å². The molecule has 0 unspecified atom stereocenters. The van der Waals surface area contributed by atoms with Crippen LogP contribution in [0.15, 0.2) is 40.1 Å². The number of carbonyl (C=O) groups is 1. The summed E-state index contributed by atoms with van der Waals surface area (Å²) in [6.07, 6.45) is 3.03. The molecule has 1 aromatic carbocycles. The molecule has 0 aliphatic rings. The topological polar surface area (TPSA) is 92.9 Å². The summed E-state index contributed by atoms with van der Waals surface area (Å²) in [5, 5.41) is 9.81. The first-order chi connectivity index (χ1) is 13.6. The van der Waals surface area contributed by atoms with Crippen molar-refractivity contribution in [2.45, 2.75) is 6.61 Å². The van der Waals surface area contributed by atoms with Crippen molar-refractivity contribution in [2.24, 2.45) is 0 Å². The van der Waals surface area contributed by atoms with Gasteiger partial charge in [0, 0.05) is 16.5 Å². The molecule has 0 saturated carbocycles. The summed E-state index contributed by atoms with van der Waals surface area (Å²) in [7, 11) is 4.55. The smallest absolute Gasteiger partial charge is 0.331 e. The van der Waals surface area contributed by atoms with Gasteiger partial charge in [-0.2, -0.15) is 0 Å². The summed E-state index contributed by atoms with van der Waals surface area (Å²) in [5.41, 5.74) is 0.581. The van der Waals surface area contributed by atoms with Crippen molar-refractivity contribution >= 4 is 23.4 Å². The Bertz CT molecular complexity index is 940. The highest BCUT2D eigenvalue weighted by atomic mass is 32.1. The van der Waals surface area contributed by atoms with Gasteiger partial charge < -0.3 is 23.4 Å². The predicted molar refractivity (Wildman–Crippen MR) is 103 cm³/mol. The molecule has 0 spiro atoms. The van der Waals surface area contributed by atoms with Crippen molar-refractivity contribution in [1.29, 1.82) is 0 Å². The fourth-order valence-electron chi connectivity index (χ4n) is 2.35. The van der Waals surface area contributed by atoms with Crippen molar-refractivity contribution in [3.05, 3.63) is 46.5 Å². The number of esters is 1. The maximum absolute atomic E-state index is 11.8. The minimum Gasteiger partial charge on any atom is -0.493 e. The van der Waals surface area contributed by atoms with E-state index in [2.05, 4.69) is 10.2 Å². The normalized spacial score (nSPS) is 10.8. The Morgan fingerprint density at radius 2 is 1.89 bits per heavy atom. The van der Waals surface area contributed by atoms with E-state index in [4.69, 9.17) is 23.4 Å². The molecular weight excluding hydrogens is 384 g/mol. The fraction of sp³-hybridized carbons (Fsp3) is 0.211. The number of carbonyl (C=O) groups excluding carboxylic acids is 1. The molecule has 0 N–H and O–H groups in total. The quantitative estimate of drug-likeness (QED) is 0.417. The van der Waals surface area contributed by atoms with Crippen molar-refractivity contribution in [1.82, 2.24) is 10.2 Å². The SMILES string of the molecule is COc1cc(-c2nnc(COC(=O)/C=C/c3cccs3)o2)cc(OC)c1OC. The van der Waals surface area contributed by atoms with Crippen molar-refractivity contribution < 1.29 is 28.2 Å². The van der Waals surface area contributed by atoms with Gasteiger partial charge in [0.05, 0.1) is 21.3 Å². The highest BCUT2D eigenvalue weighted by molar-refractivity contribution is 7.10. The minimum absolute atomic E-state index is 0.134. The van der Waals surface area contributed by atoms with E-state index in [-0.39, 0.29) is 18.4 Å². The maximum Gasteiger partial charge on any atom is 0.331 e. The molecule has 0 aliphatic carbocycles. The summed E-state index contributed by atoms with van der Waals surface area (Å²) in [6.45, 7) is -0.134. The molecule has 0 fully saturated rings. The number of hydrogen-bond donors (Lipinski definition) is 0. The lowest BCUT2D eigenvalue weighted by Crippen LogP contribution is -2.00. The fourth-order valence-corrected chi connectivity index (χ4v) is 2.97. The Balaban J connectivity index is 1.69. The Morgan fingerprint density at radius 1 is 1.14 bits per heavy atom. The van der Waals surface area contributed by atoms with Gasteiger partial charge in [-0.15, -0.1) is 21.5 Å². The number of hydrogen-bond acceptors (Lipinski definition) is 9. The van der Waals surface area contributed by atoms with Crippen LogP contribution in [0.1, 0.15) is 10.8 Å². The van der Waals surface area contributed by atoms with Gasteiger partial charge in [0.15, 0.2) is 18.1 Å². The van der Waals surface area contributed by atoms with E-state index in [0.29, 0.717) is 22.8 Å². The van der Waals surface area contributed by atoms with Crippen LogP contribution in [0.2, 0.25) is 0 Å². The van der Waals surface area contributed by atoms with E-state index in [9.17, 15) is 4.79 Å². The van der Waals surface area contributed by atoms with Crippen LogP contribution in [-0.2, 0) is 16.1 Å². The molecule has 146 valence electrons. The third-order valence-corrected chi connectivity index (χ3v) is 4.48. The predicted octanol–water partition coefficient (Wildman–Crippen LogP) is 3.58. The number of rotatable bonds is 8. The van der Waals surface area contributed by atoms with Crippen LogP contribution in [0.25, 0.3) is 17.5 Å². The lowest BCUT2D eigenvalue weighted by molar-refractivity contribution is -0.139. The van der Waals surface area contributed by atoms with Crippen LogP contribution in [0.3, 0.4) is 0 Å². The van der Waals surface area contributed by atoms with Crippen molar-refractivity contribution in [2.75, 3.05) is 21.3 Å². The lowest BCUT2D eigenvalue weighted by atomic mass is 10.2. The van der Waals surface area contributed by atoms with Gasteiger partial charge in [-0.1, -0.05) is 6.07 Å². The Kier molecular flexibility index (Phi) is 6.28. The van der Waals surface area contributed by atoms with E-state index in [0.717, 1.165) is 4.88 Å². The summed E-state index contributed by atoms with van der Waals surface area (Å²) in [5.74, 6) is 1.28. The van der Waals surface area contributed by atoms with Crippen LogP contribution >= 0.6 is 11.3 Å². The molecule has 8 nitrogen and oxygen atoms in total. The number of benzene rings is 1. The standard InChI is InChI=1S/C19H18N2O6S/c1-23-14-9-12(10-15(24-2)18(14)25-3)19-21-20-16(27-19)11-26-17(22)7-6-13-5-4-8-28-13/h4-10H,11H2,1-3H3/b7-6+. The van der Waals surface area contributed by atoms with Gasteiger partial charge in [0.25, 0.3) is 5.89 Å². The molecule has 0 atom stereocenters. The summed E-state index contributed by atoms with van der Waals surface area (Å²) in [4.78, 5) is 12.7. The summed E-state index contributed by atoms with van der Waals surface area (Å²) >= 11 is 1.52. The minimum atomic E-state index is -0.499. The molecule has 9 heteroatoms. The van der Waals surface area contributed by atoms with Crippen LogP contribution < -0.4 is 14.2 Å². The van der Waals surface area contributed by atoms with E-state index < -0.39 is 5.97 Å². The highest BCUT2D eigenvalue weighted by Crippen LogP contribution is 2.40. The van der Waals surface area contributed by atoms with Gasteiger partial charge in [-0.25, -0.2) is 4.79 Å². The van der Waals surface area contributed by atoms with E-state index in [1.807, 2.05) is 17.5 Å². The zero-order chi connectivity index (χ0) is 19.9. The molecule has 0 saturated heterocycles. The first-order valence-corrected chi connectivity index (χ1v) is 9.03. The third-order valence-electron chi connectivity index (χ3n) is 3.64. The third kappa shape index (κ3) is 4.49. The Morgan fingerprint density at radius 3 is 2.50 bits per heavy atom. The number of nitrogens with zero attached hydrogens (tertiary/aromatic N) is 2. The molecule has 0 aliphatic heterocycles. The zero-order valence-corrected chi connectivity index (χ0v) is 16.3. The molecular formula is C19H18N2O6S. The molecule has 0 amide bonds. The monoisotopic (exact) mass is 402 g/mol. The largest absolute Gasteiger partial charge is 0.493 e.